The number of rotatable bonds is 8. The van der Waals surface area contributed by atoms with Crippen molar-refractivity contribution in [3.05, 3.63) is 185 Å². The van der Waals surface area contributed by atoms with E-state index in [2.05, 4.69) is 183 Å². The van der Waals surface area contributed by atoms with E-state index in [9.17, 15) is 0 Å². The van der Waals surface area contributed by atoms with E-state index in [4.69, 9.17) is 4.42 Å². The molecule has 2 nitrogen and oxygen atoms in total. The van der Waals surface area contributed by atoms with Crippen LogP contribution in [0.3, 0.4) is 0 Å². The molecule has 4 aliphatic carbocycles. The van der Waals surface area contributed by atoms with Crippen LogP contribution in [0.2, 0.25) is 0 Å². The lowest BCUT2D eigenvalue weighted by Gasteiger charge is -2.45. The summed E-state index contributed by atoms with van der Waals surface area (Å²) >= 11 is 0. The highest BCUT2D eigenvalue weighted by atomic mass is 16.3. The summed E-state index contributed by atoms with van der Waals surface area (Å²) in [5, 5.41) is 3.68. The van der Waals surface area contributed by atoms with Gasteiger partial charge in [-0.15, -0.1) is 0 Å². The molecular weight excluding hydrogens is 631 g/mol. The first-order valence-corrected chi connectivity index (χ1v) is 19.0. The van der Waals surface area contributed by atoms with Crippen molar-refractivity contribution >= 4 is 40.8 Å². The van der Waals surface area contributed by atoms with Crippen LogP contribution in [0, 0.1) is 11.8 Å². The van der Waals surface area contributed by atoms with Crippen LogP contribution in [0.25, 0.3) is 46.2 Å². The van der Waals surface area contributed by atoms with Gasteiger partial charge in [0, 0.05) is 21.9 Å². The van der Waals surface area contributed by atoms with Crippen LogP contribution in [0.1, 0.15) is 55.6 Å². The number of hydrogen-bond acceptors (Lipinski definition) is 2. The van der Waals surface area contributed by atoms with E-state index >= 15 is 0 Å². The zero-order valence-corrected chi connectivity index (χ0v) is 30.1. The fraction of sp³-hybridized carbons (Fsp3) is 0.200. The number of hydrogen-bond donors (Lipinski definition) is 0. The van der Waals surface area contributed by atoms with E-state index in [0.717, 1.165) is 41.2 Å². The molecule has 0 aliphatic heterocycles. The minimum absolute atomic E-state index is 0.123. The van der Waals surface area contributed by atoms with Crippen LogP contribution < -0.4 is 15.5 Å². The van der Waals surface area contributed by atoms with Crippen molar-refractivity contribution in [2.75, 3.05) is 4.90 Å². The molecule has 256 valence electrons. The largest absolute Gasteiger partial charge is 0.456 e. The van der Waals surface area contributed by atoms with Gasteiger partial charge in [0.25, 0.3) is 0 Å². The van der Waals surface area contributed by atoms with E-state index < -0.39 is 0 Å². The molecule has 2 heteroatoms. The third-order valence-electron chi connectivity index (χ3n) is 11.8. The zero-order chi connectivity index (χ0) is 35.2. The van der Waals surface area contributed by atoms with Crippen molar-refractivity contribution in [2.45, 2.75) is 50.6 Å². The third-order valence-corrected chi connectivity index (χ3v) is 11.8. The van der Waals surface area contributed by atoms with Gasteiger partial charge in [-0.25, -0.2) is 0 Å². The molecule has 9 rings (SSSR count). The van der Waals surface area contributed by atoms with E-state index in [1.54, 1.807) is 0 Å². The Kier molecular flexibility index (Phi) is 8.19. The Bertz CT molecular complexity index is 2430. The van der Waals surface area contributed by atoms with E-state index in [0.29, 0.717) is 5.92 Å². The lowest BCUT2D eigenvalue weighted by Crippen LogP contribution is -2.48. The molecule has 5 aromatic rings. The van der Waals surface area contributed by atoms with Crippen molar-refractivity contribution in [3.63, 3.8) is 0 Å². The summed E-state index contributed by atoms with van der Waals surface area (Å²) in [5.74, 6) is 1.43. The van der Waals surface area contributed by atoms with Crippen LogP contribution in [-0.2, 0) is 5.41 Å². The van der Waals surface area contributed by atoms with Crippen molar-refractivity contribution in [3.8, 4) is 11.1 Å². The lowest BCUT2D eigenvalue weighted by atomic mass is 9.60. The summed E-state index contributed by atoms with van der Waals surface area (Å²) in [6.45, 7) is 8.77. The standard InChI is InChI=1S/C50H45NO/c1-4-6-27-48-39(5-2)43-33-38(29-31-49(43)52-48)51(47-26-16-18-35-17-10-11-21-40(35)47)46-30-28-37(32-34(46)3)50(36-19-8-7-9-20-36)44-24-14-12-22-41(44)42-23-13-15-25-45(42)50/h5-19,21-28,30-34,36,38,46H,2,4,20,29H2,1,3H3/b27-6-. The molecule has 0 saturated carbocycles. The lowest BCUT2D eigenvalue weighted by molar-refractivity contribution is 0.443. The molecule has 1 aromatic heterocycles. The topological polar surface area (TPSA) is 16.4 Å². The van der Waals surface area contributed by atoms with Gasteiger partial charge in [-0.2, -0.15) is 0 Å². The fourth-order valence-corrected chi connectivity index (χ4v) is 9.57. The Balaban J connectivity index is 1.20. The van der Waals surface area contributed by atoms with Crippen LogP contribution in [0.5, 0.6) is 0 Å². The summed E-state index contributed by atoms with van der Waals surface area (Å²) < 4.78 is 6.40. The molecule has 0 fully saturated rings. The summed E-state index contributed by atoms with van der Waals surface area (Å²) in [6.07, 6.45) is 30.6. The number of fused-ring (bicyclic) bond motifs is 5. The Hall–Kier alpha value is -5.60. The Labute approximate surface area is 307 Å². The maximum Gasteiger partial charge on any atom is 0.135 e. The molecule has 52 heavy (non-hydrogen) atoms. The molecule has 1 heterocycles. The predicted octanol–water partition coefficient (Wildman–Crippen LogP) is 10.9. The molecule has 0 spiro atoms. The smallest absolute Gasteiger partial charge is 0.135 e. The van der Waals surface area contributed by atoms with Crippen molar-refractivity contribution in [2.24, 2.45) is 11.8 Å². The quantitative estimate of drug-likeness (QED) is 0.163. The summed E-state index contributed by atoms with van der Waals surface area (Å²) in [6, 6.07) is 34.1. The van der Waals surface area contributed by atoms with Gasteiger partial charge in [0.2, 0.25) is 0 Å². The summed E-state index contributed by atoms with van der Waals surface area (Å²) in [7, 11) is 0. The van der Waals surface area contributed by atoms with Crippen LogP contribution in [0.4, 0.5) is 5.69 Å². The van der Waals surface area contributed by atoms with Crippen molar-refractivity contribution in [1.82, 2.24) is 0 Å². The van der Waals surface area contributed by atoms with E-state index in [1.165, 1.54) is 44.3 Å². The molecule has 4 atom stereocenters. The first kappa shape index (κ1) is 32.3. The SMILES string of the molecule is C=Cc1c(/C=C\CC)oc2c1=CC(N(c1cccc3ccccc13)C1C=CC(C3(C4C=CC=CC4)c4ccccc4-c4ccccc43)=CC1C)CC=2. The van der Waals surface area contributed by atoms with Crippen LogP contribution in [-0.4, -0.2) is 12.1 Å². The molecule has 4 aliphatic rings. The second-order valence-corrected chi connectivity index (χ2v) is 14.6. The highest BCUT2D eigenvalue weighted by Crippen LogP contribution is 2.59. The molecule has 4 unspecified atom stereocenters. The zero-order valence-electron chi connectivity index (χ0n) is 30.1. The fourth-order valence-electron chi connectivity index (χ4n) is 9.57. The third kappa shape index (κ3) is 4.99. The average molecular weight is 676 g/mol. The first-order valence-electron chi connectivity index (χ1n) is 19.0. The Morgan fingerprint density at radius 3 is 2.33 bits per heavy atom. The molecule has 0 N–H and O–H groups in total. The maximum absolute atomic E-state index is 6.40. The van der Waals surface area contributed by atoms with Gasteiger partial charge in [-0.05, 0) is 82.5 Å². The Morgan fingerprint density at radius 2 is 1.60 bits per heavy atom. The minimum Gasteiger partial charge on any atom is -0.456 e. The second-order valence-electron chi connectivity index (χ2n) is 14.6. The number of nitrogens with zero attached hydrogens (tertiary/aromatic N) is 1. The van der Waals surface area contributed by atoms with Crippen molar-refractivity contribution in [1.29, 1.82) is 0 Å². The van der Waals surface area contributed by atoms with Crippen molar-refractivity contribution < 1.29 is 4.42 Å². The molecule has 0 saturated heterocycles. The molecule has 0 amide bonds. The van der Waals surface area contributed by atoms with Gasteiger partial charge in [-0.3, -0.25) is 0 Å². The molecule has 0 bridgehead atoms. The highest BCUT2D eigenvalue weighted by Gasteiger charge is 2.50. The number of furan rings is 1. The van der Waals surface area contributed by atoms with Gasteiger partial charge in [0.05, 0.1) is 17.5 Å². The van der Waals surface area contributed by atoms with Gasteiger partial charge >= 0.3 is 0 Å². The number of allylic oxidation sites excluding steroid dienone is 7. The van der Waals surface area contributed by atoms with E-state index in [-0.39, 0.29) is 23.4 Å². The van der Waals surface area contributed by atoms with Gasteiger partial charge in [0.15, 0.2) is 0 Å². The second kappa shape index (κ2) is 13.2. The normalized spacial score (nSPS) is 22.3. The molecule has 4 aromatic carbocycles. The Morgan fingerprint density at radius 1 is 0.846 bits per heavy atom. The van der Waals surface area contributed by atoms with E-state index in [1.807, 2.05) is 6.08 Å². The number of anilines is 1. The summed E-state index contributed by atoms with van der Waals surface area (Å²) in [4.78, 5) is 2.68. The maximum atomic E-state index is 6.40. The average Bonchev–Trinajstić information content (AvgIpc) is 3.71. The van der Waals surface area contributed by atoms with Crippen LogP contribution >= 0.6 is 0 Å². The van der Waals surface area contributed by atoms with Gasteiger partial charge < -0.3 is 9.32 Å². The summed E-state index contributed by atoms with van der Waals surface area (Å²) in [5.41, 5.74) is 9.96. The van der Waals surface area contributed by atoms with Crippen LogP contribution in [0.15, 0.2) is 156 Å². The predicted molar refractivity (Wildman–Crippen MR) is 220 cm³/mol. The molecular formula is C50H45NO. The first-order chi connectivity index (χ1) is 25.6. The van der Waals surface area contributed by atoms with Gasteiger partial charge in [0.1, 0.15) is 11.2 Å². The minimum atomic E-state index is -0.272. The molecule has 0 radical (unpaired) electrons. The van der Waals surface area contributed by atoms with Gasteiger partial charge in [-0.1, -0.05) is 166 Å². The monoisotopic (exact) mass is 675 g/mol. The number of benzene rings is 4. The highest BCUT2D eigenvalue weighted by molar-refractivity contribution is 5.95.